The van der Waals surface area contributed by atoms with Gasteiger partial charge < -0.3 is 16.0 Å². The molecular weight excluding hydrogens is 282 g/mol. The molecule has 0 aliphatic rings. The number of amides is 3. The van der Waals surface area contributed by atoms with Crippen LogP contribution in [0.1, 0.15) is 31.1 Å². The Hall–Kier alpha value is -2.37. The van der Waals surface area contributed by atoms with Gasteiger partial charge in [-0.1, -0.05) is 32.0 Å². The van der Waals surface area contributed by atoms with Gasteiger partial charge in [-0.05, 0) is 25.0 Å². The Morgan fingerprint density at radius 3 is 2.23 bits per heavy atom. The van der Waals surface area contributed by atoms with E-state index in [2.05, 4.69) is 16.0 Å². The van der Waals surface area contributed by atoms with Crippen LogP contribution < -0.4 is 16.0 Å². The Labute approximate surface area is 130 Å². The van der Waals surface area contributed by atoms with Gasteiger partial charge in [-0.15, -0.1) is 0 Å². The Morgan fingerprint density at radius 2 is 1.68 bits per heavy atom. The second-order valence-corrected chi connectivity index (χ2v) is 5.23. The van der Waals surface area contributed by atoms with E-state index >= 15 is 0 Å². The van der Waals surface area contributed by atoms with Gasteiger partial charge in [0.1, 0.15) is 6.04 Å². The normalized spacial score (nSPS) is 11.6. The van der Waals surface area contributed by atoms with Crippen LogP contribution in [0.4, 0.5) is 0 Å². The Morgan fingerprint density at radius 1 is 1.05 bits per heavy atom. The summed E-state index contributed by atoms with van der Waals surface area (Å²) in [6.07, 6.45) is 0. The molecule has 0 spiro atoms. The molecule has 0 bridgehead atoms. The van der Waals surface area contributed by atoms with E-state index < -0.39 is 11.9 Å². The Balaban J connectivity index is 2.50. The first-order valence-electron chi connectivity index (χ1n) is 7.36. The largest absolute Gasteiger partial charge is 0.355 e. The molecule has 0 fully saturated rings. The third kappa shape index (κ3) is 5.55. The lowest BCUT2D eigenvalue weighted by Gasteiger charge is -2.21. The van der Waals surface area contributed by atoms with Gasteiger partial charge in [0.05, 0.1) is 6.54 Å². The summed E-state index contributed by atoms with van der Waals surface area (Å²) < 4.78 is 0. The van der Waals surface area contributed by atoms with Gasteiger partial charge in [-0.3, -0.25) is 14.4 Å². The van der Waals surface area contributed by atoms with Crippen molar-refractivity contribution in [3.63, 3.8) is 0 Å². The fourth-order valence-electron chi connectivity index (χ4n) is 1.90. The molecule has 1 unspecified atom stereocenters. The summed E-state index contributed by atoms with van der Waals surface area (Å²) in [6, 6.07) is 8.03. The lowest BCUT2D eigenvalue weighted by atomic mass is 10.0. The monoisotopic (exact) mass is 305 g/mol. The highest BCUT2D eigenvalue weighted by molar-refractivity contribution is 5.97. The standard InChI is InChI=1S/C16H23N3O3/c1-4-17-16(22)14(11(2)3)19-13(20)10-18-15(21)12-8-6-5-7-9-12/h5-9,11,14H,4,10H2,1-3H3,(H,17,22)(H,18,21)(H,19,20). The van der Waals surface area contributed by atoms with Gasteiger partial charge in [0.15, 0.2) is 0 Å². The van der Waals surface area contributed by atoms with Crippen LogP contribution in [0, 0.1) is 5.92 Å². The van der Waals surface area contributed by atoms with E-state index in [1.165, 1.54) is 0 Å². The fraction of sp³-hybridized carbons (Fsp3) is 0.438. The van der Waals surface area contributed by atoms with Crippen LogP contribution in [0.5, 0.6) is 0 Å². The van der Waals surface area contributed by atoms with Gasteiger partial charge in [0.25, 0.3) is 5.91 Å². The van der Waals surface area contributed by atoms with Crippen LogP contribution in [-0.2, 0) is 9.59 Å². The molecule has 1 rings (SSSR count). The minimum atomic E-state index is -0.610. The van der Waals surface area contributed by atoms with E-state index in [0.717, 1.165) is 0 Å². The summed E-state index contributed by atoms with van der Waals surface area (Å²) in [5.41, 5.74) is 0.486. The van der Waals surface area contributed by atoms with Gasteiger partial charge in [-0.2, -0.15) is 0 Å². The van der Waals surface area contributed by atoms with Crippen molar-refractivity contribution in [1.82, 2.24) is 16.0 Å². The molecule has 120 valence electrons. The van der Waals surface area contributed by atoms with Gasteiger partial charge in [0, 0.05) is 12.1 Å². The molecule has 3 amide bonds. The minimum Gasteiger partial charge on any atom is -0.355 e. The average Bonchev–Trinajstić information content (AvgIpc) is 2.51. The number of nitrogens with one attached hydrogen (secondary N) is 3. The van der Waals surface area contributed by atoms with Gasteiger partial charge >= 0.3 is 0 Å². The molecule has 0 heterocycles. The highest BCUT2D eigenvalue weighted by atomic mass is 16.2. The first kappa shape index (κ1) is 17.7. The molecule has 0 saturated carbocycles. The van der Waals surface area contributed by atoms with Crippen LogP contribution >= 0.6 is 0 Å². The van der Waals surface area contributed by atoms with E-state index in [1.54, 1.807) is 24.3 Å². The first-order chi connectivity index (χ1) is 10.5. The molecular formula is C16H23N3O3. The van der Waals surface area contributed by atoms with Crippen LogP contribution in [0.2, 0.25) is 0 Å². The topological polar surface area (TPSA) is 87.3 Å². The van der Waals surface area contributed by atoms with Gasteiger partial charge in [0.2, 0.25) is 11.8 Å². The quantitative estimate of drug-likeness (QED) is 0.693. The number of hydrogen-bond donors (Lipinski definition) is 3. The van der Waals surface area contributed by atoms with E-state index in [4.69, 9.17) is 0 Å². The van der Waals surface area contributed by atoms with Crippen molar-refractivity contribution in [1.29, 1.82) is 0 Å². The molecule has 22 heavy (non-hydrogen) atoms. The molecule has 6 nitrogen and oxygen atoms in total. The van der Waals surface area contributed by atoms with Crippen molar-refractivity contribution in [2.24, 2.45) is 5.92 Å². The number of rotatable bonds is 7. The lowest BCUT2D eigenvalue weighted by Crippen LogP contribution is -2.51. The number of carbonyl (C=O) groups is 3. The van der Waals surface area contributed by atoms with Crippen LogP contribution in [-0.4, -0.2) is 36.9 Å². The molecule has 1 aromatic rings. The lowest BCUT2D eigenvalue weighted by molar-refractivity contribution is -0.129. The zero-order valence-electron chi connectivity index (χ0n) is 13.2. The van der Waals surface area contributed by atoms with Crippen molar-refractivity contribution >= 4 is 17.7 Å². The summed E-state index contributed by atoms with van der Waals surface area (Å²) in [6.45, 7) is 5.85. The second-order valence-electron chi connectivity index (χ2n) is 5.23. The smallest absolute Gasteiger partial charge is 0.251 e. The van der Waals surface area contributed by atoms with E-state index in [0.29, 0.717) is 12.1 Å². The van der Waals surface area contributed by atoms with Crippen LogP contribution in [0.25, 0.3) is 0 Å². The maximum atomic E-state index is 11.9. The number of carbonyl (C=O) groups excluding carboxylic acids is 3. The van der Waals surface area contributed by atoms with Crippen molar-refractivity contribution < 1.29 is 14.4 Å². The van der Waals surface area contributed by atoms with Crippen LogP contribution in [0.15, 0.2) is 30.3 Å². The van der Waals surface area contributed by atoms with Crippen molar-refractivity contribution in [3.8, 4) is 0 Å². The van der Waals surface area contributed by atoms with E-state index in [-0.39, 0.29) is 24.3 Å². The highest BCUT2D eigenvalue weighted by Crippen LogP contribution is 2.02. The first-order valence-corrected chi connectivity index (χ1v) is 7.36. The summed E-state index contributed by atoms with van der Waals surface area (Å²) in [7, 11) is 0. The number of likely N-dealkylation sites (N-methyl/N-ethyl adjacent to an activating group) is 1. The maximum absolute atomic E-state index is 11.9. The molecule has 0 aromatic heterocycles. The average molecular weight is 305 g/mol. The minimum absolute atomic E-state index is 0.0414. The van der Waals surface area contributed by atoms with Crippen molar-refractivity contribution in [2.75, 3.05) is 13.1 Å². The zero-order chi connectivity index (χ0) is 16.5. The number of hydrogen-bond acceptors (Lipinski definition) is 3. The Bertz CT molecular complexity index is 515. The van der Waals surface area contributed by atoms with E-state index in [1.807, 2.05) is 26.8 Å². The maximum Gasteiger partial charge on any atom is 0.251 e. The summed E-state index contributed by atoms with van der Waals surface area (Å²) >= 11 is 0. The van der Waals surface area contributed by atoms with E-state index in [9.17, 15) is 14.4 Å². The fourth-order valence-corrected chi connectivity index (χ4v) is 1.90. The predicted molar refractivity (Wildman–Crippen MR) is 84.2 cm³/mol. The molecule has 6 heteroatoms. The van der Waals surface area contributed by atoms with Crippen LogP contribution in [0.3, 0.4) is 0 Å². The SMILES string of the molecule is CCNC(=O)C(NC(=O)CNC(=O)c1ccccc1)C(C)C. The third-order valence-corrected chi connectivity index (χ3v) is 3.06. The van der Waals surface area contributed by atoms with Crippen molar-refractivity contribution in [2.45, 2.75) is 26.8 Å². The Kier molecular flexibility index (Phi) is 7.08. The molecule has 0 aliphatic heterocycles. The summed E-state index contributed by atoms with van der Waals surface area (Å²) in [5, 5.41) is 7.86. The predicted octanol–water partition coefficient (Wildman–Crippen LogP) is 0.693. The third-order valence-electron chi connectivity index (χ3n) is 3.06. The molecule has 3 N–H and O–H groups in total. The second kappa shape index (κ2) is 8.81. The van der Waals surface area contributed by atoms with Gasteiger partial charge in [-0.25, -0.2) is 0 Å². The number of benzene rings is 1. The van der Waals surface area contributed by atoms with Crippen molar-refractivity contribution in [3.05, 3.63) is 35.9 Å². The summed E-state index contributed by atoms with van der Waals surface area (Å²) in [4.78, 5) is 35.6. The molecule has 0 aliphatic carbocycles. The molecule has 0 saturated heterocycles. The highest BCUT2D eigenvalue weighted by Gasteiger charge is 2.23. The molecule has 0 radical (unpaired) electrons. The zero-order valence-corrected chi connectivity index (χ0v) is 13.2. The molecule has 1 atom stereocenters. The molecule has 1 aromatic carbocycles. The summed E-state index contributed by atoms with van der Waals surface area (Å²) in [5.74, 6) is -0.982.